The lowest BCUT2D eigenvalue weighted by Gasteiger charge is -2.32. The van der Waals surface area contributed by atoms with Crippen LogP contribution in [0.4, 0.5) is 18.9 Å². The van der Waals surface area contributed by atoms with Crippen molar-refractivity contribution < 1.29 is 17.9 Å². The van der Waals surface area contributed by atoms with Crippen LogP contribution in [-0.2, 0) is 26.2 Å². The Balaban J connectivity index is 1.24. The number of rotatable bonds is 6. The second-order valence-corrected chi connectivity index (χ2v) is 11.0. The number of methoxy groups -OCH3 is 1. The van der Waals surface area contributed by atoms with E-state index in [0.717, 1.165) is 67.5 Å². The number of fused-ring (bicyclic) bond motifs is 1. The lowest BCUT2D eigenvalue weighted by Crippen LogP contribution is -2.32. The molecular formula is C29H30F3N7O. The smallest absolute Gasteiger partial charge is 0.434 e. The molecule has 0 unspecified atom stereocenters. The number of hydrogen-bond acceptors (Lipinski definition) is 6. The van der Waals surface area contributed by atoms with E-state index in [-0.39, 0.29) is 5.82 Å². The number of hydrogen-bond donors (Lipinski definition) is 0. The number of benzene rings is 1. The van der Waals surface area contributed by atoms with Crippen LogP contribution in [0.3, 0.4) is 0 Å². The maximum absolute atomic E-state index is 13.2. The summed E-state index contributed by atoms with van der Waals surface area (Å²) in [6.45, 7) is 1.49. The van der Waals surface area contributed by atoms with E-state index < -0.39 is 11.9 Å². The summed E-state index contributed by atoms with van der Waals surface area (Å²) in [5, 5.41) is 5.20. The van der Waals surface area contributed by atoms with Gasteiger partial charge in [-0.15, -0.1) is 0 Å². The second-order valence-electron chi connectivity index (χ2n) is 11.0. The molecule has 2 fully saturated rings. The van der Waals surface area contributed by atoms with Crippen molar-refractivity contribution >= 4 is 5.69 Å². The number of nitrogens with zero attached hydrogens (tertiary/aromatic N) is 7. The van der Waals surface area contributed by atoms with E-state index in [1.54, 1.807) is 20.5 Å². The van der Waals surface area contributed by atoms with E-state index in [2.05, 4.69) is 24.5 Å². The zero-order chi connectivity index (χ0) is 27.6. The minimum Gasteiger partial charge on any atom is -0.480 e. The summed E-state index contributed by atoms with van der Waals surface area (Å²) < 4.78 is 48.9. The molecule has 0 radical (unpaired) electrons. The van der Waals surface area contributed by atoms with Crippen molar-refractivity contribution in [3.63, 3.8) is 0 Å². The van der Waals surface area contributed by atoms with Crippen molar-refractivity contribution in [1.29, 1.82) is 0 Å². The lowest BCUT2D eigenvalue weighted by atomic mass is 9.92. The van der Waals surface area contributed by atoms with Gasteiger partial charge in [-0.1, -0.05) is 0 Å². The Hall–Kier alpha value is -3.89. The Bertz CT molecular complexity index is 1570. The first-order chi connectivity index (χ1) is 19.3. The molecule has 1 aliphatic heterocycles. The lowest BCUT2D eigenvalue weighted by molar-refractivity contribution is -0.140. The molecule has 0 atom stereocenters. The summed E-state index contributed by atoms with van der Waals surface area (Å²) in [6.07, 6.45) is 4.69. The van der Waals surface area contributed by atoms with Gasteiger partial charge in [0.05, 0.1) is 24.4 Å². The fraction of sp³-hybridized carbons (Fsp3) is 0.448. The summed E-state index contributed by atoms with van der Waals surface area (Å²) in [7, 11) is 3.22. The topological polar surface area (TPSA) is 73.9 Å². The molecule has 40 heavy (non-hydrogen) atoms. The number of halogens is 3. The van der Waals surface area contributed by atoms with Gasteiger partial charge in [0.1, 0.15) is 17.8 Å². The zero-order valence-corrected chi connectivity index (χ0v) is 22.4. The van der Waals surface area contributed by atoms with Gasteiger partial charge in [-0.2, -0.15) is 18.3 Å². The number of aromatic nitrogens is 6. The average Bonchev–Trinajstić information content (AvgIpc) is 3.60. The number of anilines is 1. The number of aryl methyl sites for hydroxylation is 1. The predicted octanol–water partition coefficient (Wildman–Crippen LogP) is 5.93. The van der Waals surface area contributed by atoms with Crippen molar-refractivity contribution in [2.24, 2.45) is 7.05 Å². The van der Waals surface area contributed by atoms with E-state index in [4.69, 9.17) is 9.84 Å². The molecule has 208 valence electrons. The standard InChI is InChI=1S/C29H30F3N7O/c1-37-15-23(29(30,31)32)35-27(37)18-8-10-19(11-9-18)38-13-12-22-21(14-38)26(36-39(22)20-4-3-5-20)24-25(17-6-7-17)33-16-34-28(24)40-2/h8-11,15-17,20H,3-7,12-14H2,1-2H3. The van der Waals surface area contributed by atoms with Crippen LogP contribution in [0.5, 0.6) is 5.88 Å². The van der Waals surface area contributed by atoms with Gasteiger partial charge in [0.25, 0.3) is 0 Å². The second kappa shape index (κ2) is 9.35. The molecule has 0 spiro atoms. The van der Waals surface area contributed by atoms with Crippen molar-refractivity contribution in [3.8, 4) is 28.5 Å². The molecule has 0 bridgehead atoms. The maximum Gasteiger partial charge on any atom is 0.434 e. The van der Waals surface area contributed by atoms with E-state index in [1.807, 2.05) is 24.3 Å². The Morgan fingerprint density at radius 3 is 2.42 bits per heavy atom. The summed E-state index contributed by atoms with van der Waals surface area (Å²) in [5.74, 6) is 1.26. The Morgan fingerprint density at radius 1 is 1.02 bits per heavy atom. The third kappa shape index (κ3) is 4.22. The number of imidazole rings is 1. The molecule has 8 nitrogen and oxygen atoms in total. The van der Waals surface area contributed by atoms with Crippen LogP contribution in [0, 0.1) is 0 Å². The van der Waals surface area contributed by atoms with Crippen LogP contribution in [0.15, 0.2) is 36.8 Å². The highest BCUT2D eigenvalue weighted by molar-refractivity contribution is 5.73. The molecule has 11 heteroatoms. The van der Waals surface area contributed by atoms with Gasteiger partial charge < -0.3 is 14.2 Å². The van der Waals surface area contributed by atoms with Crippen LogP contribution in [0.1, 0.15) is 66.7 Å². The molecule has 4 aromatic rings. The van der Waals surface area contributed by atoms with Crippen molar-refractivity contribution in [3.05, 3.63) is 59.4 Å². The summed E-state index contributed by atoms with van der Waals surface area (Å²) in [6, 6.07) is 8.02. The van der Waals surface area contributed by atoms with Crippen molar-refractivity contribution in [1.82, 2.24) is 29.3 Å². The molecule has 4 heterocycles. The van der Waals surface area contributed by atoms with Gasteiger partial charge in [0.2, 0.25) is 5.88 Å². The fourth-order valence-corrected chi connectivity index (χ4v) is 5.92. The van der Waals surface area contributed by atoms with Crippen LogP contribution in [0.2, 0.25) is 0 Å². The average molecular weight is 550 g/mol. The minimum absolute atomic E-state index is 0.285. The quantitative estimate of drug-likeness (QED) is 0.297. The largest absolute Gasteiger partial charge is 0.480 e. The fourth-order valence-electron chi connectivity index (χ4n) is 5.92. The molecule has 3 aromatic heterocycles. The summed E-state index contributed by atoms with van der Waals surface area (Å²) >= 11 is 0. The van der Waals surface area contributed by atoms with Gasteiger partial charge in [-0.05, 0) is 56.4 Å². The highest BCUT2D eigenvalue weighted by Gasteiger charge is 2.37. The maximum atomic E-state index is 13.2. The normalized spacial score (nSPS) is 17.6. The van der Waals surface area contributed by atoms with Crippen LogP contribution < -0.4 is 9.64 Å². The zero-order valence-electron chi connectivity index (χ0n) is 22.4. The van der Waals surface area contributed by atoms with Gasteiger partial charge in [0.15, 0.2) is 5.69 Å². The molecule has 2 saturated carbocycles. The first-order valence-electron chi connectivity index (χ1n) is 13.8. The van der Waals surface area contributed by atoms with E-state index in [0.29, 0.717) is 29.9 Å². The number of alkyl halides is 3. The van der Waals surface area contributed by atoms with Crippen LogP contribution >= 0.6 is 0 Å². The van der Waals surface area contributed by atoms with Crippen molar-refractivity contribution in [2.45, 2.75) is 63.2 Å². The third-order valence-electron chi connectivity index (χ3n) is 8.40. The molecule has 2 aliphatic carbocycles. The van der Waals surface area contributed by atoms with E-state index in [9.17, 15) is 13.2 Å². The Kier molecular flexibility index (Phi) is 5.87. The third-order valence-corrected chi connectivity index (χ3v) is 8.40. The van der Waals surface area contributed by atoms with E-state index in [1.165, 1.54) is 22.2 Å². The predicted molar refractivity (Wildman–Crippen MR) is 143 cm³/mol. The summed E-state index contributed by atoms with van der Waals surface area (Å²) in [5.41, 5.74) is 6.04. The first kappa shape index (κ1) is 25.1. The minimum atomic E-state index is -4.48. The SMILES string of the molecule is COc1ncnc(C2CC2)c1-c1nn(C2CCC2)c2c1CN(c1ccc(-c3nc(C(F)(F)F)cn3C)cc1)CC2. The van der Waals surface area contributed by atoms with Crippen LogP contribution in [0.25, 0.3) is 22.6 Å². The van der Waals surface area contributed by atoms with Gasteiger partial charge >= 0.3 is 6.18 Å². The highest BCUT2D eigenvalue weighted by Crippen LogP contribution is 2.47. The number of ether oxygens (including phenoxy) is 1. The first-order valence-corrected chi connectivity index (χ1v) is 13.8. The molecule has 0 saturated heterocycles. The van der Waals surface area contributed by atoms with Gasteiger partial charge in [0, 0.05) is 61.2 Å². The van der Waals surface area contributed by atoms with Crippen molar-refractivity contribution in [2.75, 3.05) is 18.6 Å². The molecule has 7 rings (SSSR count). The summed E-state index contributed by atoms with van der Waals surface area (Å²) in [4.78, 5) is 15.3. The molecule has 0 N–H and O–H groups in total. The van der Waals surface area contributed by atoms with Gasteiger partial charge in [-0.25, -0.2) is 15.0 Å². The van der Waals surface area contributed by atoms with Gasteiger partial charge in [-0.3, -0.25) is 4.68 Å². The molecule has 3 aliphatic rings. The molecule has 1 aromatic carbocycles. The molecular weight excluding hydrogens is 519 g/mol. The Morgan fingerprint density at radius 2 is 1.80 bits per heavy atom. The molecule has 0 amide bonds. The highest BCUT2D eigenvalue weighted by atomic mass is 19.4. The monoisotopic (exact) mass is 549 g/mol. The van der Waals surface area contributed by atoms with E-state index >= 15 is 0 Å². The Labute approximate surface area is 229 Å². The van der Waals surface area contributed by atoms with Crippen LogP contribution in [-0.4, -0.2) is 43.0 Å².